The first-order chi connectivity index (χ1) is 6.83. The van der Waals surface area contributed by atoms with E-state index in [1.165, 1.54) is 4.73 Å². The van der Waals surface area contributed by atoms with Gasteiger partial charge in [-0.05, 0) is 24.4 Å². The van der Waals surface area contributed by atoms with E-state index in [1.54, 1.807) is 12.3 Å². The van der Waals surface area contributed by atoms with Crippen molar-refractivity contribution < 1.29 is 4.84 Å². The van der Waals surface area contributed by atoms with Gasteiger partial charge in [0.15, 0.2) is 0 Å². The van der Waals surface area contributed by atoms with Crippen molar-refractivity contribution >= 4 is 23.2 Å². The predicted octanol–water partition coefficient (Wildman–Crippen LogP) is 1.87. The lowest BCUT2D eigenvalue weighted by molar-refractivity contribution is 0.114. The Balaban J connectivity index is 0.00000112. The quantitative estimate of drug-likeness (QED) is 0.782. The van der Waals surface area contributed by atoms with Gasteiger partial charge in [0.2, 0.25) is 0 Å². The Labute approximate surface area is 93.7 Å². The molecular formula is C11H12ClNO2. The van der Waals surface area contributed by atoms with Crippen LogP contribution in [0.2, 0.25) is 0 Å². The highest BCUT2D eigenvalue weighted by molar-refractivity contribution is 5.85. The summed E-state index contributed by atoms with van der Waals surface area (Å²) in [4.78, 5) is 16.9. The molecule has 0 fully saturated rings. The molecule has 0 amide bonds. The van der Waals surface area contributed by atoms with E-state index in [2.05, 4.69) is 0 Å². The van der Waals surface area contributed by atoms with Gasteiger partial charge in [0.25, 0.3) is 5.56 Å². The highest BCUT2D eigenvalue weighted by Gasteiger charge is 2.00. The number of pyridine rings is 1. The maximum absolute atomic E-state index is 11.8. The molecule has 15 heavy (non-hydrogen) atoms. The van der Waals surface area contributed by atoms with Crippen molar-refractivity contribution in [3.63, 3.8) is 0 Å². The van der Waals surface area contributed by atoms with Crippen LogP contribution >= 0.6 is 12.4 Å². The maximum Gasteiger partial charge on any atom is 0.290 e. The van der Waals surface area contributed by atoms with Gasteiger partial charge in [0.05, 0.1) is 5.39 Å². The van der Waals surface area contributed by atoms with Crippen LogP contribution in [0.5, 0.6) is 0 Å². The fraction of sp³-hybridized carbons (Fsp3) is 0.182. The number of benzene rings is 1. The molecule has 0 spiro atoms. The van der Waals surface area contributed by atoms with Crippen LogP contribution in [0.4, 0.5) is 0 Å². The molecule has 2 rings (SSSR count). The van der Waals surface area contributed by atoms with Gasteiger partial charge in [0, 0.05) is 6.20 Å². The molecule has 0 bridgehead atoms. The largest absolute Gasteiger partial charge is 0.411 e. The van der Waals surface area contributed by atoms with Crippen molar-refractivity contribution in [1.82, 2.24) is 4.73 Å². The van der Waals surface area contributed by atoms with E-state index in [1.807, 2.05) is 31.2 Å². The number of hydrogen-bond donors (Lipinski definition) is 0. The summed E-state index contributed by atoms with van der Waals surface area (Å²) in [6.07, 6.45) is 1.65. The zero-order valence-electron chi connectivity index (χ0n) is 8.34. The lowest BCUT2D eigenvalue weighted by atomic mass is 10.2. The molecule has 0 unspecified atom stereocenters. The van der Waals surface area contributed by atoms with E-state index >= 15 is 0 Å². The second-order valence-electron chi connectivity index (χ2n) is 2.95. The Bertz CT molecular complexity index is 507. The van der Waals surface area contributed by atoms with Gasteiger partial charge in [-0.15, -0.1) is 12.4 Å². The predicted molar refractivity (Wildman–Crippen MR) is 62.6 cm³/mol. The summed E-state index contributed by atoms with van der Waals surface area (Å²) in [5.74, 6) is 0. The minimum atomic E-state index is -0.107. The van der Waals surface area contributed by atoms with Crippen LogP contribution in [-0.4, -0.2) is 11.3 Å². The van der Waals surface area contributed by atoms with E-state index in [4.69, 9.17) is 4.84 Å². The van der Waals surface area contributed by atoms with Crippen molar-refractivity contribution in [1.29, 1.82) is 0 Å². The van der Waals surface area contributed by atoms with Crippen LogP contribution < -0.4 is 10.4 Å². The van der Waals surface area contributed by atoms with Crippen LogP contribution in [0.1, 0.15) is 6.92 Å². The molecule has 80 valence electrons. The van der Waals surface area contributed by atoms with Crippen LogP contribution in [0.25, 0.3) is 10.8 Å². The molecule has 0 atom stereocenters. The van der Waals surface area contributed by atoms with Gasteiger partial charge in [-0.1, -0.05) is 18.2 Å². The van der Waals surface area contributed by atoms with Crippen LogP contribution in [0.3, 0.4) is 0 Å². The normalized spacial score (nSPS) is 9.67. The number of nitrogens with zero attached hydrogens (tertiary/aromatic N) is 1. The third-order valence-corrected chi connectivity index (χ3v) is 2.05. The minimum Gasteiger partial charge on any atom is -0.411 e. The third-order valence-electron chi connectivity index (χ3n) is 2.05. The number of aromatic nitrogens is 1. The van der Waals surface area contributed by atoms with Crippen LogP contribution in [0, 0.1) is 0 Å². The number of hydrogen-bond acceptors (Lipinski definition) is 2. The molecule has 1 aromatic heterocycles. The van der Waals surface area contributed by atoms with Gasteiger partial charge in [-0.2, -0.15) is 4.73 Å². The lowest BCUT2D eigenvalue weighted by Crippen LogP contribution is -2.26. The van der Waals surface area contributed by atoms with Crippen molar-refractivity contribution in [3.8, 4) is 0 Å². The monoisotopic (exact) mass is 225 g/mol. The fourth-order valence-corrected chi connectivity index (χ4v) is 1.41. The molecular weight excluding hydrogens is 214 g/mol. The van der Waals surface area contributed by atoms with E-state index in [0.717, 1.165) is 5.39 Å². The van der Waals surface area contributed by atoms with Gasteiger partial charge < -0.3 is 4.84 Å². The highest BCUT2D eigenvalue weighted by Crippen LogP contribution is 2.07. The van der Waals surface area contributed by atoms with Crippen molar-refractivity contribution in [2.24, 2.45) is 0 Å². The van der Waals surface area contributed by atoms with Gasteiger partial charge >= 0.3 is 0 Å². The summed E-state index contributed by atoms with van der Waals surface area (Å²) in [7, 11) is 0. The molecule has 4 heteroatoms. The van der Waals surface area contributed by atoms with E-state index in [9.17, 15) is 4.79 Å². The summed E-state index contributed by atoms with van der Waals surface area (Å²) in [6.45, 7) is 2.33. The van der Waals surface area contributed by atoms with E-state index in [0.29, 0.717) is 12.0 Å². The second kappa shape index (κ2) is 4.84. The molecule has 1 heterocycles. The molecule has 0 saturated heterocycles. The highest BCUT2D eigenvalue weighted by atomic mass is 35.5. The molecule has 0 aliphatic carbocycles. The average Bonchev–Trinajstić information content (AvgIpc) is 2.23. The summed E-state index contributed by atoms with van der Waals surface area (Å²) in [6, 6.07) is 9.33. The SMILES string of the molecule is CCOn1ccc2ccccc2c1=O.Cl. The standard InChI is InChI=1S/C11H11NO2.ClH/c1-2-14-12-8-7-9-5-3-4-6-10(9)11(12)13;/h3-8H,2H2,1H3;1H. The van der Waals surface area contributed by atoms with Gasteiger partial charge in [-0.3, -0.25) is 4.79 Å². The van der Waals surface area contributed by atoms with E-state index in [-0.39, 0.29) is 18.0 Å². The number of halogens is 1. The summed E-state index contributed by atoms with van der Waals surface area (Å²) < 4.78 is 1.27. The third kappa shape index (κ3) is 2.13. The van der Waals surface area contributed by atoms with Gasteiger partial charge in [0.1, 0.15) is 6.61 Å². The minimum absolute atomic E-state index is 0. The molecule has 0 N–H and O–H groups in total. The smallest absolute Gasteiger partial charge is 0.290 e. The molecule has 0 aliphatic rings. The first-order valence-electron chi connectivity index (χ1n) is 4.56. The summed E-state index contributed by atoms with van der Waals surface area (Å²) in [5, 5.41) is 1.62. The first kappa shape index (κ1) is 11.6. The van der Waals surface area contributed by atoms with Crippen molar-refractivity contribution in [2.75, 3.05) is 6.61 Å². The lowest BCUT2D eigenvalue weighted by Gasteiger charge is -2.06. The summed E-state index contributed by atoms with van der Waals surface area (Å²) in [5.41, 5.74) is -0.107. The number of rotatable bonds is 2. The molecule has 1 aromatic carbocycles. The van der Waals surface area contributed by atoms with Crippen molar-refractivity contribution in [2.45, 2.75) is 6.92 Å². The average molecular weight is 226 g/mol. The van der Waals surface area contributed by atoms with Gasteiger partial charge in [-0.25, -0.2) is 0 Å². The van der Waals surface area contributed by atoms with Crippen LogP contribution in [0.15, 0.2) is 41.3 Å². The topological polar surface area (TPSA) is 31.2 Å². The Morgan fingerprint density at radius 3 is 2.73 bits per heavy atom. The first-order valence-corrected chi connectivity index (χ1v) is 4.56. The molecule has 2 aromatic rings. The van der Waals surface area contributed by atoms with E-state index < -0.39 is 0 Å². The number of fused-ring (bicyclic) bond motifs is 1. The second-order valence-corrected chi connectivity index (χ2v) is 2.95. The molecule has 3 nitrogen and oxygen atoms in total. The zero-order valence-corrected chi connectivity index (χ0v) is 9.16. The molecule has 0 saturated carbocycles. The Kier molecular flexibility index (Phi) is 3.74. The van der Waals surface area contributed by atoms with Crippen LogP contribution in [-0.2, 0) is 0 Å². The van der Waals surface area contributed by atoms with Crippen molar-refractivity contribution in [3.05, 3.63) is 46.9 Å². The maximum atomic E-state index is 11.8. The Morgan fingerprint density at radius 1 is 1.27 bits per heavy atom. The zero-order chi connectivity index (χ0) is 9.97. The molecule has 0 radical (unpaired) electrons. The fourth-order valence-electron chi connectivity index (χ4n) is 1.41. The Hall–Kier alpha value is -1.48. The molecule has 0 aliphatic heterocycles. The summed E-state index contributed by atoms with van der Waals surface area (Å²) >= 11 is 0. The Morgan fingerprint density at radius 2 is 2.00 bits per heavy atom.